The van der Waals surface area contributed by atoms with Crippen LogP contribution >= 0.6 is 0 Å². The van der Waals surface area contributed by atoms with E-state index in [1.807, 2.05) is 13.8 Å². The molecule has 0 heterocycles. The van der Waals surface area contributed by atoms with E-state index in [-0.39, 0.29) is 17.2 Å². The predicted molar refractivity (Wildman–Crippen MR) is 45.7 cm³/mol. The Balaban J connectivity index is 4.03. The summed E-state index contributed by atoms with van der Waals surface area (Å²) < 4.78 is 4.52. The second-order valence-corrected chi connectivity index (χ2v) is 3.80. The molecule has 12 heavy (non-hydrogen) atoms. The number of hydrogen-bond donors (Lipinski definition) is 0. The molecule has 0 aromatic carbocycles. The highest BCUT2D eigenvalue weighted by molar-refractivity contribution is 5.77. The molecule has 0 amide bonds. The Labute approximate surface area is 73.1 Å². The van der Waals surface area contributed by atoms with Gasteiger partial charge in [0.25, 0.3) is 0 Å². The zero-order chi connectivity index (χ0) is 9.78. The number of hydrogen-bond acceptors (Lipinski definition) is 3. The van der Waals surface area contributed by atoms with Gasteiger partial charge in [0.15, 0.2) is 0 Å². The van der Waals surface area contributed by atoms with Crippen LogP contribution < -0.4 is 0 Å². The maximum Gasteiger partial charge on any atom is 0.306 e. The van der Waals surface area contributed by atoms with Crippen molar-refractivity contribution in [3.05, 3.63) is 0 Å². The molecule has 0 aromatic rings. The molecule has 0 atom stereocenters. The van der Waals surface area contributed by atoms with Crippen LogP contribution in [-0.4, -0.2) is 18.9 Å². The number of ketones is 1. The number of rotatable bonds is 4. The van der Waals surface area contributed by atoms with Crippen LogP contribution in [0.3, 0.4) is 0 Å². The third-order valence-electron chi connectivity index (χ3n) is 1.58. The molecular weight excluding hydrogens is 156 g/mol. The highest BCUT2D eigenvalue weighted by atomic mass is 16.5. The molecule has 0 unspecified atom stereocenters. The number of esters is 1. The van der Waals surface area contributed by atoms with Gasteiger partial charge in [-0.05, 0) is 12.3 Å². The van der Waals surface area contributed by atoms with Crippen LogP contribution in [0.15, 0.2) is 0 Å². The number of carbonyl (C=O) groups is 2. The van der Waals surface area contributed by atoms with E-state index in [1.165, 1.54) is 14.0 Å². The van der Waals surface area contributed by atoms with Gasteiger partial charge in [0, 0.05) is 6.42 Å². The minimum absolute atomic E-state index is 0.101. The van der Waals surface area contributed by atoms with E-state index in [0.717, 1.165) is 0 Å². The second-order valence-electron chi connectivity index (χ2n) is 3.80. The summed E-state index contributed by atoms with van der Waals surface area (Å²) in [6, 6.07) is 0. The van der Waals surface area contributed by atoms with Crippen LogP contribution in [0.4, 0.5) is 0 Å². The topological polar surface area (TPSA) is 43.4 Å². The van der Waals surface area contributed by atoms with E-state index >= 15 is 0 Å². The molecule has 0 saturated heterocycles. The second kappa shape index (κ2) is 4.24. The smallest absolute Gasteiger partial charge is 0.306 e. The molecule has 0 aliphatic rings. The van der Waals surface area contributed by atoms with Crippen LogP contribution in [0.2, 0.25) is 0 Å². The van der Waals surface area contributed by atoms with Gasteiger partial charge in [-0.3, -0.25) is 4.79 Å². The van der Waals surface area contributed by atoms with Gasteiger partial charge in [0.2, 0.25) is 0 Å². The van der Waals surface area contributed by atoms with Crippen molar-refractivity contribution in [1.29, 1.82) is 0 Å². The predicted octanol–water partition coefficient (Wildman–Crippen LogP) is 1.55. The first kappa shape index (κ1) is 11.1. The van der Waals surface area contributed by atoms with Gasteiger partial charge in [0.1, 0.15) is 5.78 Å². The third kappa shape index (κ3) is 4.88. The first-order valence-electron chi connectivity index (χ1n) is 3.93. The van der Waals surface area contributed by atoms with E-state index < -0.39 is 0 Å². The van der Waals surface area contributed by atoms with Crippen molar-refractivity contribution in [1.82, 2.24) is 0 Å². The van der Waals surface area contributed by atoms with Crippen LogP contribution in [0, 0.1) is 5.41 Å². The van der Waals surface area contributed by atoms with E-state index in [2.05, 4.69) is 4.74 Å². The van der Waals surface area contributed by atoms with Crippen molar-refractivity contribution < 1.29 is 14.3 Å². The molecular formula is C9H16O3. The molecule has 0 aliphatic carbocycles. The highest BCUT2D eigenvalue weighted by Gasteiger charge is 2.23. The Hall–Kier alpha value is -0.860. The SMILES string of the molecule is COC(=O)CC(C)(C)CC(C)=O. The molecule has 0 radical (unpaired) electrons. The maximum absolute atomic E-state index is 10.9. The maximum atomic E-state index is 10.9. The van der Waals surface area contributed by atoms with Gasteiger partial charge < -0.3 is 9.53 Å². The van der Waals surface area contributed by atoms with E-state index in [9.17, 15) is 9.59 Å². The molecule has 0 rings (SSSR count). The Bertz CT molecular complexity index is 182. The van der Waals surface area contributed by atoms with Crippen molar-refractivity contribution in [2.75, 3.05) is 7.11 Å². The molecule has 0 aliphatic heterocycles. The summed E-state index contributed by atoms with van der Waals surface area (Å²) in [5.74, 6) is -0.162. The fraction of sp³-hybridized carbons (Fsp3) is 0.778. The first-order valence-corrected chi connectivity index (χ1v) is 3.93. The number of methoxy groups -OCH3 is 1. The van der Waals surface area contributed by atoms with Crippen molar-refractivity contribution >= 4 is 11.8 Å². The third-order valence-corrected chi connectivity index (χ3v) is 1.58. The van der Waals surface area contributed by atoms with Crippen LogP contribution in [-0.2, 0) is 14.3 Å². The van der Waals surface area contributed by atoms with Gasteiger partial charge in [0.05, 0.1) is 13.5 Å². The van der Waals surface area contributed by atoms with Crippen molar-refractivity contribution in [2.24, 2.45) is 5.41 Å². The first-order chi connectivity index (χ1) is 5.37. The number of Topliss-reactive ketones (excluding diaryl/α,β-unsaturated/α-hetero) is 1. The van der Waals surface area contributed by atoms with E-state index in [1.54, 1.807) is 0 Å². The highest BCUT2D eigenvalue weighted by Crippen LogP contribution is 2.25. The number of carbonyl (C=O) groups excluding carboxylic acids is 2. The molecule has 0 fully saturated rings. The van der Waals surface area contributed by atoms with Crippen LogP contribution in [0.25, 0.3) is 0 Å². The lowest BCUT2D eigenvalue weighted by Crippen LogP contribution is -2.20. The standard InChI is InChI=1S/C9H16O3/c1-7(10)5-9(2,3)6-8(11)12-4/h5-6H2,1-4H3. The van der Waals surface area contributed by atoms with E-state index in [0.29, 0.717) is 12.8 Å². The molecule has 0 N–H and O–H groups in total. The van der Waals surface area contributed by atoms with Crippen molar-refractivity contribution in [3.8, 4) is 0 Å². The van der Waals surface area contributed by atoms with Crippen LogP contribution in [0.1, 0.15) is 33.6 Å². The molecule has 70 valence electrons. The van der Waals surface area contributed by atoms with Crippen molar-refractivity contribution in [2.45, 2.75) is 33.6 Å². The van der Waals surface area contributed by atoms with Gasteiger partial charge in [-0.25, -0.2) is 0 Å². The fourth-order valence-corrected chi connectivity index (χ4v) is 1.20. The average molecular weight is 172 g/mol. The lowest BCUT2D eigenvalue weighted by Gasteiger charge is -2.20. The Morgan fingerprint density at radius 3 is 2.08 bits per heavy atom. The molecule has 0 aromatic heterocycles. The largest absolute Gasteiger partial charge is 0.469 e. The molecule has 0 spiro atoms. The quantitative estimate of drug-likeness (QED) is 0.604. The normalized spacial score (nSPS) is 11.0. The average Bonchev–Trinajstić information content (AvgIpc) is 1.83. The summed E-state index contributed by atoms with van der Waals surface area (Å²) in [5.41, 5.74) is -0.279. The van der Waals surface area contributed by atoms with E-state index in [4.69, 9.17) is 0 Å². The Morgan fingerprint density at radius 2 is 1.75 bits per heavy atom. The van der Waals surface area contributed by atoms with Gasteiger partial charge >= 0.3 is 5.97 Å². The Morgan fingerprint density at radius 1 is 1.25 bits per heavy atom. The summed E-state index contributed by atoms with van der Waals surface area (Å²) in [4.78, 5) is 21.7. The molecule has 0 saturated carbocycles. The fourth-order valence-electron chi connectivity index (χ4n) is 1.20. The lowest BCUT2D eigenvalue weighted by atomic mass is 9.84. The Kier molecular flexibility index (Phi) is 3.93. The zero-order valence-corrected chi connectivity index (χ0v) is 8.14. The summed E-state index contributed by atoms with van der Waals surface area (Å²) in [5, 5.41) is 0. The van der Waals surface area contributed by atoms with Gasteiger partial charge in [-0.1, -0.05) is 13.8 Å². The summed E-state index contributed by atoms with van der Waals surface area (Å²) >= 11 is 0. The zero-order valence-electron chi connectivity index (χ0n) is 8.14. The minimum atomic E-state index is -0.279. The molecule has 3 heteroatoms. The number of ether oxygens (including phenoxy) is 1. The minimum Gasteiger partial charge on any atom is -0.469 e. The van der Waals surface area contributed by atoms with Gasteiger partial charge in [-0.2, -0.15) is 0 Å². The summed E-state index contributed by atoms with van der Waals surface area (Å²) in [6.07, 6.45) is 0.713. The van der Waals surface area contributed by atoms with Crippen molar-refractivity contribution in [3.63, 3.8) is 0 Å². The lowest BCUT2D eigenvalue weighted by molar-refractivity contribution is -0.143. The summed E-state index contributed by atoms with van der Waals surface area (Å²) in [7, 11) is 1.35. The molecule has 0 bridgehead atoms. The monoisotopic (exact) mass is 172 g/mol. The van der Waals surface area contributed by atoms with Gasteiger partial charge in [-0.15, -0.1) is 0 Å². The molecule has 3 nitrogen and oxygen atoms in total. The summed E-state index contributed by atoms with van der Waals surface area (Å²) in [6.45, 7) is 5.29. The van der Waals surface area contributed by atoms with Crippen LogP contribution in [0.5, 0.6) is 0 Å².